The molecular weight excluding hydrogens is 206 g/mol. The van der Waals surface area contributed by atoms with E-state index in [9.17, 15) is 4.79 Å². The first-order chi connectivity index (χ1) is 7.54. The summed E-state index contributed by atoms with van der Waals surface area (Å²) >= 11 is 0. The van der Waals surface area contributed by atoms with Gasteiger partial charge in [-0.05, 0) is 13.0 Å². The van der Waals surface area contributed by atoms with Crippen molar-refractivity contribution in [1.29, 1.82) is 0 Å². The molecular formula is C11H25N3O2. The van der Waals surface area contributed by atoms with Crippen LogP contribution in [0.2, 0.25) is 0 Å². The Labute approximate surface area is 98.3 Å². The van der Waals surface area contributed by atoms with Crippen molar-refractivity contribution in [2.45, 2.75) is 32.9 Å². The highest BCUT2D eigenvalue weighted by Gasteiger charge is 2.31. The molecule has 1 rings (SSSR count). The number of hydrogen-bond acceptors (Lipinski definition) is 4. The molecule has 3 unspecified atom stereocenters. The van der Waals surface area contributed by atoms with Gasteiger partial charge in [-0.1, -0.05) is 20.8 Å². The Kier molecular flexibility index (Phi) is 7.08. The molecule has 96 valence electrons. The summed E-state index contributed by atoms with van der Waals surface area (Å²) in [6, 6.07) is -0.0125. The summed E-state index contributed by atoms with van der Waals surface area (Å²) in [4.78, 5) is 13.2. The number of alkyl carbamates (subject to hydrolysis) is 1. The van der Waals surface area contributed by atoms with Gasteiger partial charge in [-0.2, -0.15) is 0 Å². The minimum absolute atomic E-state index is 0.0126. The average Bonchev–Trinajstić information content (AvgIpc) is 2.25. The third kappa shape index (κ3) is 4.37. The third-order valence-corrected chi connectivity index (χ3v) is 2.67. The zero-order chi connectivity index (χ0) is 12.7. The van der Waals surface area contributed by atoms with E-state index in [4.69, 9.17) is 5.73 Å². The maximum atomic E-state index is 11.1. The number of ether oxygens (including phenoxy) is 1. The van der Waals surface area contributed by atoms with Gasteiger partial charge in [-0.3, -0.25) is 0 Å². The molecule has 5 nitrogen and oxygen atoms in total. The lowest BCUT2D eigenvalue weighted by Crippen LogP contribution is -2.60. The van der Waals surface area contributed by atoms with Crippen LogP contribution >= 0.6 is 0 Å². The molecule has 5 heteroatoms. The molecule has 0 bridgehead atoms. The molecule has 0 aromatic heterocycles. The van der Waals surface area contributed by atoms with E-state index in [1.165, 1.54) is 7.11 Å². The van der Waals surface area contributed by atoms with Crippen LogP contribution in [0, 0.1) is 5.92 Å². The topological polar surface area (TPSA) is 67.6 Å². The fraction of sp³-hybridized carbons (Fsp3) is 0.909. The van der Waals surface area contributed by atoms with Gasteiger partial charge in [0.15, 0.2) is 0 Å². The predicted octanol–water partition coefficient (Wildman–Crippen LogP) is 0.646. The van der Waals surface area contributed by atoms with Gasteiger partial charge >= 0.3 is 6.09 Å². The van der Waals surface area contributed by atoms with E-state index < -0.39 is 6.09 Å². The molecule has 1 aliphatic rings. The molecule has 0 spiro atoms. The summed E-state index contributed by atoms with van der Waals surface area (Å²) in [6.07, 6.45) is -0.401. The first kappa shape index (κ1) is 15.2. The quantitative estimate of drug-likeness (QED) is 0.695. The summed E-state index contributed by atoms with van der Waals surface area (Å²) < 4.78 is 4.56. The van der Waals surface area contributed by atoms with E-state index in [0.717, 1.165) is 13.1 Å². The second-order valence-electron chi connectivity index (χ2n) is 4.02. The number of likely N-dealkylation sites (N-methyl/N-ethyl adjacent to an activating group) is 1. The van der Waals surface area contributed by atoms with Crippen molar-refractivity contribution in [3.63, 3.8) is 0 Å². The largest absolute Gasteiger partial charge is 0.453 e. The molecule has 1 fully saturated rings. The van der Waals surface area contributed by atoms with Crippen LogP contribution in [0.1, 0.15) is 20.8 Å². The molecule has 1 saturated heterocycles. The van der Waals surface area contributed by atoms with Crippen LogP contribution in [0.15, 0.2) is 0 Å². The van der Waals surface area contributed by atoms with Gasteiger partial charge in [-0.25, -0.2) is 4.79 Å². The molecule has 3 atom stereocenters. The van der Waals surface area contributed by atoms with E-state index in [1.54, 1.807) is 0 Å². The van der Waals surface area contributed by atoms with Gasteiger partial charge in [0.25, 0.3) is 0 Å². The smallest absolute Gasteiger partial charge is 0.407 e. The lowest BCUT2D eigenvalue weighted by atomic mass is 9.91. The second kappa shape index (κ2) is 7.46. The molecule has 0 saturated carbocycles. The van der Waals surface area contributed by atoms with Crippen LogP contribution in [-0.2, 0) is 4.74 Å². The molecule has 0 aromatic carbocycles. The van der Waals surface area contributed by atoms with Gasteiger partial charge in [0.1, 0.15) is 0 Å². The zero-order valence-electron chi connectivity index (χ0n) is 11.0. The van der Waals surface area contributed by atoms with E-state index >= 15 is 0 Å². The predicted molar refractivity (Wildman–Crippen MR) is 65.3 cm³/mol. The summed E-state index contributed by atoms with van der Waals surface area (Å²) in [5, 5.41) is 2.78. The normalized spacial score (nSPS) is 30.0. The van der Waals surface area contributed by atoms with Gasteiger partial charge in [0.05, 0.1) is 13.2 Å². The van der Waals surface area contributed by atoms with Gasteiger partial charge in [-0.15, -0.1) is 0 Å². The van der Waals surface area contributed by atoms with E-state index in [-0.39, 0.29) is 12.1 Å². The number of methoxy groups -OCH3 is 1. The fourth-order valence-electron chi connectivity index (χ4n) is 2.02. The third-order valence-electron chi connectivity index (χ3n) is 2.67. The summed E-state index contributed by atoms with van der Waals surface area (Å²) in [6.45, 7) is 7.83. The lowest BCUT2D eigenvalue weighted by molar-refractivity contribution is 0.128. The maximum absolute atomic E-state index is 11.1. The fourth-order valence-corrected chi connectivity index (χ4v) is 2.02. The number of rotatable bonds is 1. The highest BCUT2D eigenvalue weighted by molar-refractivity contribution is 5.67. The first-order valence-electron chi connectivity index (χ1n) is 5.83. The molecule has 1 amide bonds. The standard InChI is InChI=1S/C9H19N3O2.C2H6/c1-6-4-12(2)5-7(10)8(6)11-9(13)14-3;1-2/h6-8H,4-5,10H2,1-3H3,(H,11,13);1-2H3. The SMILES string of the molecule is CC.COC(=O)NC1C(C)CN(C)CC1N. The summed E-state index contributed by atoms with van der Waals surface area (Å²) in [5.74, 6) is 0.350. The highest BCUT2D eigenvalue weighted by atomic mass is 16.5. The van der Waals surface area contributed by atoms with Gasteiger partial charge < -0.3 is 20.7 Å². The van der Waals surface area contributed by atoms with Crippen LogP contribution in [-0.4, -0.2) is 50.3 Å². The summed E-state index contributed by atoms with van der Waals surface area (Å²) in [7, 11) is 3.39. The molecule has 16 heavy (non-hydrogen) atoms. The molecule has 0 aromatic rings. The van der Waals surface area contributed by atoms with Crippen molar-refractivity contribution in [1.82, 2.24) is 10.2 Å². The Hall–Kier alpha value is -0.810. The monoisotopic (exact) mass is 231 g/mol. The molecule has 1 aliphatic heterocycles. The van der Waals surface area contributed by atoms with Gasteiger partial charge in [0, 0.05) is 19.1 Å². The molecule has 3 N–H and O–H groups in total. The molecule has 0 radical (unpaired) electrons. The number of amides is 1. The second-order valence-corrected chi connectivity index (χ2v) is 4.02. The number of piperidine rings is 1. The first-order valence-corrected chi connectivity index (χ1v) is 5.83. The Morgan fingerprint density at radius 2 is 2.00 bits per heavy atom. The van der Waals surface area contributed by atoms with Crippen molar-refractivity contribution < 1.29 is 9.53 Å². The Bertz CT molecular complexity index is 199. The summed E-state index contributed by atoms with van der Waals surface area (Å²) in [5.41, 5.74) is 5.95. The lowest BCUT2D eigenvalue weighted by Gasteiger charge is -2.39. The van der Waals surface area contributed by atoms with Crippen LogP contribution in [0.25, 0.3) is 0 Å². The number of carbonyl (C=O) groups excluding carboxylic acids is 1. The molecule has 0 aliphatic carbocycles. The number of nitrogens with two attached hydrogens (primary N) is 1. The van der Waals surface area contributed by atoms with Crippen LogP contribution in [0.3, 0.4) is 0 Å². The van der Waals surface area contributed by atoms with E-state index in [1.807, 2.05) is 20.9 Å². The Balaban J connectivity index is 0.00000106. The number of carbonyl (C=O) groups is 1. The Morgan fingerprint density at radius 3 is 2.44 bits per heavy atom. The van der Waals surface area contributed by atoms with Crippen molar-refractivity contribution in [2.24, 2.45) is 11.7 Å². The van der Waals surface area contributed by atoms with Crippen LogP contribution < -0.4 is 11.1 Å². The minimum Gasteiger partial charge on any atom is -0.453 e. The van der Waals surface area contributed by atoms with Crippen molar-refractivity contribution >= 4 is 6.09 Å². The number of hydrogen-bond donors (Lipinski definition) is 2. The van der Waals surface area contributed by atoms with Crippen LogP contribution in [0.4, 0.5) is 4.79 Å². The van der Waals surface area contributed by atoms with Crippen LogP contribution in [0.5, 0.6) is 0 Å². The maximum Gasteiger partial charge on any atom is 0.407 e. The Morgan fingerprint density at radius 1 is 1.44 bits per heavy atom. The van der Waals surface area contributed by atoms with Gasteiger partial charge in [0.2, 0.25) is 0 Å². The van der Waals surface area contributed by atoms with Crippen molar-refractivity contribution in [3.05, 3.63) is 0 Å². The van der Waals surface area contributed by atoms with Crippen molar-refractivity contribution in [3.8, 4) is 0 Å². The minimum atomic E-state index is -0.401. The van der Waals surface area contributed by atoms with Crippen molar-refractivity contribution in [2.75, 3.05) is 27.2 Å². The highest BCUT2D eigenvalue weighted by Crippen LogP contribution is 2.14. The number of nitrogens with zero attached hydrogens (tertiary/aromatic N) is 1. The van der Waals surface area contributed by atoms with E-state index in [0.29, 0.717) is 5.92 Å². The molecule has 1 heterocycles. The number of likely N-dealkylation sites (tertiary alicyclic amines) is 1. The zero-order valence-corrected chi connectivity index (χ0v) is 11.0. The average molecular weight is 231 g/mol. The number of nitrogens with one attached hydrogen (secondary N) is 1. The van der Waals surface area contributed by atoms with E-state index in [2.05, 4.69) is 21.9 Å².